The molecule has 2 aromatic rings. The van der Waals surface area contributed by atoms with Crippen molar-refractivity contribution in [1.82, 2.24) is 9.78 Å². The maximum Gasteiger partial charge on any atom is 0.432 e. The zero-order chi connectivity index (χ0) is 13.3. The highest BCUT2D eigenvalue weighted by Crippen LogP contribution is 2.26. The van der Waals surface area contributed by atoms with Crippen molar-refractivity contribution < 1.29 is 17.6 Å². The van der Waals surface area contributed by atoms with Gasteiger partial charge in [-0.15, -0.1) is 0 Å². The summed E-state index contributed by atoms with van der Waals surface area (Å²) < 4.78 is 50.7. The van der Waals surface area contributed by atoms with E-state index in [9.17, 15) is 22.4 Å². The standard InChI is InChI=1S/C11H8F4N2O/c12-8-3-1-2-7(4-8)6-17-10(18)5-9(16-17)11(13,14)15/h1-5,16H,6H2. The highest BCUT2D eigenvalue weighted by Gasteiger charge is 2.33. The van der Waals surface area contributed by atoms with Crippen LogP contribution >= 0.6 is 0 Å². The van der Waals surface area contributed by atoms with Crippen LogP contribution in [0, 0.1) is 5.82 Å². The lowest BCUT2D eigenvalue weighted by Gasteiger charge is -2.04. The van der Waals surface area contributed by atoms with Gasteiger partial charge in [-0.05, 0) is 17.7 Å². The fourth-order valence-corrected chi connectivity index (χ4v) is 1.51. The number of aromatic amines is 1. The van der Waals surface area contributed by atoms with Gasteiger partial charge < -0.3 is 0 Å². The summed E-state index contributed by atoms with van der Waals surface area (Å²) in [4.78, 5) is 11.3. The molecule has 96 valence electrons. The Labute approximate surface area is 98.6 Å². The zero-order valence-corrected chi connectivity index (χ0v) is 8.96. The number of rotatable bonds is 2. The van der Waals surface area contributed by atoms with Crippen LogP contribution < -0.4 is 5.56 Å². The maximum absolute atomic E-state index is 12.9. The molecule has 1 heterocycles. The number of H-pyrrole nitrogens is 1. The van der Waals surface area contributed by atoms with Crippen molar-refractivity contribution in [2.45, 2.75) is 12.7 Å². The summed E-state index contributed by atoms with van der Waals surface area (Å²) >= 11 is 0. The second-order valence-corrected chi connectivity index (χ2v) is 3.72. The highest BCUT2D eigenvalue weighted by molar-refractivity contribution is 5.17. The van der Waals surface area contributed by atoms with E-state index in [-0.39, 0.29) is 6.54 Å². The average Bonchev–Trinajstić information content (AvgIpc) is 2.60. The van der Waals surface area contributed by atoms with Crippen molar-refractivity contribution >= 4 is 0 Å². The molecule has 0 unspecified atom stereocenters. The van der Waals surface area contributed by atoms with Crippen LogP contribution in [0.1, 0.15) is 11.3 Å². The molecule has 0 bridgehead atoms. The molecule has 0 aliphatic carbocycles. The van der Waals surface area contributed by atoms with Gasteiger partial charge in [0.25, 0.3) is 5.56 Å². The van der Waals surface area contributed by atoms with E-state index in [1.165, 1.54) is 18.2 Å². The zero-order valence-electron chi connectivity index (χ0n) is 8.96. The first-order valence-corrected chi connectivity index (χ1v) is 4.98. The van der Waals surface area contributed by atoms with Crippen molar-refractivity contribution in [2.24, 2.45) is 0 Å². The van der Waals surface area contributed by atoms with Crippen LogP contribution in [0.3, 0.4) is 0 Å². The number of alkyl halides is 3. The normalized spacial score (nSPS) is 11.8. The molecular weight excluding hydrogens is 252 g/mol. The van der Waals surface area contributed by atoms with E-state index in [4.69, 9.17) is 0 Å². The van der Waals surface area contributed by atoms with Crippen LogP contribution in [-0.4, -0.2) is 9.78 Å². The Morgan fingerprint density at radius 2 is 1.94 bits per heavy atom. The summed E-state index contributed by atoms with van der Waals surface area (Å²) in [6.45, 7) is -0.146. The number of hydrogen-bond donors (Lipinski definition) is 1. The number of hydrogen-bond acceptors (Lipinski definition) is 1. The van der Waals surface area contributed by atoms with Gasteiger partial charge in [0.1, 0.15) is 11.5 Å². The lowest BCUT2D eigenvalue weighted by atomic mass is 10.2. The number of aromatic nitrogens is 2. The molecule has 0 aliphatic heterocycles. The van der Waals surface area contributed by atoms with Crippen LogP contribution in [0.5, 0.6) is 0 Å². The Balaban J connectivity index is 2.30. The van der Waals surface area contributed by atoms with Gasteiger partial charge in [-0.3, -0.25) is 9.89 Å². The molecule has 0 saturated heterocycles. The first kappa shape index (κ1) is 12.4. The minimum Gasteiger partial charge on any atom is -0.291 e. The fraction of sp³-hybridized carbons (Fsp3) is 0.182. The van der Waals surface area contributed by atoms with Crippen LogP contribution in [0.25, 0.3) is 0 Å². The van der Waals surface area contributed by atoms with Crippen molar-refractivity contribution in [1.29, 1.82) is 0 Å². The third-order valence-corrected chi connectivity index (χ3v) is 2.32. The van der Waals surface area contributed by atoms with Gasteiger partial charge in [0, 0.05) is 6.07 Å². The third-order valence-electron chi connectivity index (χ3n) is 2.32. The SMILES string of the molecule is O=c1cc(C(F)(F)F)[nH]n1Cc1cccc(F)c1. The predicted octanol–water partition coefficient (Wildman–Crippen LogP) is 2.38. The van der Waals surface area contributed by atoms with Crippen molar-refractivity contribution in [3.05, 3.63) is 57.8 Å². The number of nitrogens with one attached hydrogen (secondary N) is 1. The van der Waals surface area contributed by atoms with E-state index < -0.39 is 23.2 Å². The summed E-state index contributed by atoms with van der Waals surface area (Å²) in [5, 5.41) is 1.95. The van der Waals surface area contributed by atoms with Crippen LogP contribution in [0.2, 0.25) is 0 Å². The molecule has 0 radical (unpaired) electrons. The van der Waals surface area contributed by atoms with Gasteiger partial charge in [0.2, 0.25) is 0 Å². The molecule has 1 aromatic heterocycles. The largest absolute Gasteiger partial charge is 0.432 e. The highest BCUT2D eigenvalue weighted by atomic mass is 19.4. The third kappa shape index (κ3) is 2.61. The van der Waals surface area contributed by atoms with E-state index in [0.29, 0.717) is 11.6 Å². The molecule has 0 aliphatic rings. The number of benzene rings is 1. The van der Waals surface area contributed by atoms with Crippen LogP contribution in [0.15, 0.2) is 35.1 Å². The fourth-order valence-electron chi connectivity index (χ4n) is 1.51. The van der Waals surface area contributed by atoms with E-state index in [0.717, 1.165) is 10.7 Å². The molecular formula is C11H8F4N2O. The van der Waals surface area contributed by atoms with Gasteiger partial charge in [-0.1, -0.05) is 12.1 Å². The van der Waals surface area contributed by atoms with Gasteiger partial charge in [0.05, 0.1) is 6.54 Å². The minimum absolute atomic E-state index is 0.146. The molecule has 18 heavy (non-hydrogen) atoms. The second kappa shape index (κ2) is 4.32. The lowest BCUT2D eigenvalue weighted by Crippen LogP contribution is -2.16. The molecule has 1 N–H and O–H groups in total. The minimum atomic E-state index is -4.60. The topological polar surface area (TPSA) is 37.8 Å². The van der Waals surface area contributed by atoms with Crippen molar-refractivity contribution in [2.75, 3.05) is 0 Å². The smallest absolute Gasteiger partial charge is 0.291 e. The summed E-state index contributed by atoms with van der Waals surface area (Å²) in [5.41, 5.74) is -1.54. The van der Waals surface area contributed by atoms with Gasteiger partial charge in [-0.25, -0.2) is 9.07 Å². The monoisotopic (exact) mass is 260 g/mol. The Morgan fingerprint density at radius 3 is 2.50 bits per heavy atom. The Morgan fingerprint density at radius 1 is 1.22 bits per heavy atom. The Hall–Kier alpha value is -2.05. The molecule has 2 rings (SSSR count). The Kier molecular flexibility index (Phi) is 2.98. The van der Waals surface area contributed by atoms with E-state index in [1.807, 2.05) is 5.10 Å². The average molecular weight is 260 g/mol. The first-order chi connectivity index (χ1) is 8.36. The summed E-state index contributed by atoms with van der Waals surface area (Å²) in [7, 11) is 0. The van der Waals surface area contributed by atoms with E-state index in [1.54, 1.807) is 0 Å². The lowest BCUT2D eigenvalue weighted by molar-refractivity contribution is -0.141. The second-order valence-electron chi connectivity index (χ2n) is 3.72. The number of nitrogens with zero attached hydrogens (tertiary/aromatic N) is 1. The summed E-state index contributed by atoms with van der Waals surface area (Å²) in [5.74, 6) is -0.511. The van der Waals surface area contributed by atoms with Crippen molar-refractivity contribution in [3.8, 4) is 0 Å². The van der Waals surface area contributed by atoms with Gasteiger partial charge in [-0.2, -0.15) is 13.2 Å². The van der Waals surface area contributed by atoms with E-state index >= 15 is 0 Å². The molecule has 3 nitrogen and oxygen atoms in total. The van der Waals surface area contributed by atoms with E-state index in [2.05, 4.69) is 0 Å². The molecule has 1 aromatic carbocycles. The molecule has 0 saturated carbocycles. The molecule has 0 atom stereocenters. The van der Waals surface area contributed by atoms with Gasteiger partial charge >= 0.3 is 6.18 Å². The maximum atomic E-state index is 12.9. The summed E-state index contributed by atoms with van der Waals surface area (Å²) in [6, 6.07) is 5.77. The van der Waals surface area contributed by atoms with Gasteiger partial charge in [0.15, 0.2) is 0 Å². The molecule has 0 amide bonds. The Bertz CT molecular complexity index is 612. The quantitative estimate of drug-likeness (QED) is 0.827. The number of halogens is 4. The van der Waals surface area contributed by atoms with Crippen molar-refractivity contribution in [3.63, 3.8) is 0 Å². The predicted molar refractivity (Wildman–Crippen MR) is 55.6 cm³/mol. The van der Waals surface area contributed by atoms with Crippen LogP contribution in [-0.2, 0) is 12.7 Å². The molecule has 0 spiro atoms. The first-order valence-electron chi connectivity index (χ1n) is 4.98. The summed E-state index contributed by atoms with van der Waals surface area (Å²) in [6.07, 6.45) is -4.60. The molecule has 7 heteroatoms. The van der Waals surface area contributed by atoms with Crippen LogP contribution in [0.4, 0.5) is 17.6 Å². The molecule has 0 fully saturated rings.